The van der Waals surface area contributed by atoms with Gasteiger partial charge in [-0.05, 0) is 44.5 Å². The molecule has 2 N–H and O–H groups in total. The summed E-state index contributed by atoms with van der Waals surface area (Å²) in [5, 5.41) is 5.62. The predicted octanol–water partition coefficient (Wildman–Crippen LogP) is 3.32. The fraction of sp³-hybridized carbons (Fsp3) is 0.238. The summed E-state index contributed by atoms with van der Waals surface area (Å²) < 4.78 is 1.58. The van der Waals surface area contributed by atoms with Gasteiger partial charge in [0, 0.05) is 23.5 Å². The second-order valence-corrected chi connectivity index (χ2v) is 6.61. The number of amides is 2. The van der Waals surface area contributed by atoms with Crippen LogP contribution in [0.4, 0.5) is 5.69 Å². The highest BCUT2D eigenvalue weighted by Crippen LogP contribution is 2.17. The Balaban J connectivity index is 1.94. The lowest BCUT2D eigenvalue weighted by Gasteiger charge is -2.09. The molecule has 2 amide bonds. The summed E-state index contributed by atoms with van der Waals surface area (Å²) in [5.41, 5.74) is 1.73. The molecule has 0 aliphatic carbocycles. The van der Waals surface area contributed by atoms with E-state index in [0.29, 0.717) is 16.8 Å². The third-order valence-corrected chi connectivity index (χ3v) is 4.48. The number of carbonyl (C=O) groups excluding carboxylic acids is 3. The van der Waals surface area contributed by atoms with E-state index in [0.717, 1.165) is 6.42 Å². The molecule has 2 aromatic heterocycles. The largest absolute Gasteiger partial charge is 0.348 e. The first-order chi connectivity index (χ1) is 13.4. The summed E-state index contributed by atoms with van der Waals surface area (Å²) >= 11 is 0. The molecular formula is C21H22N4O3. The number of ketones is 1. The van der Waals surface area contributed by atoms with Crippen LogP contribution in [0.15, 0.2) is 48.7 Å². The van der Waals surface area contributed by atoms with Crippen LogP contribution < -0.4 is 10.6 Å². The number of carbonyl (C=O) groups is 3. The van der Waals surface area contributed by atoms with E-state index in [1.807, 2.05) is 13.8 Å². The number of Topliss-reactive ketones (excluding diaryl/α,β-unsaturated/α-hetero) is 1. The van der Waals surface area contributed by atoms with Crippen LogP contribution in [0.5, 0.6) is 0 Å². The SMILES string of the molecule is CCC(C)NC(=O)c1nc(C(=O)Nc2cccc(C(C)=O)c2)n2ccccc12. The minimum Gasteiger partial charge on any atom is -0.348 e. The highest BCUT2D eigenvalue weighted by atomic mass is 16.2. The summed E-state index contributed by atoms with van der Waals surface area (Å²) in [6, 6.07) is 12.0. The van der Waals surface area contributed by atoms with E-state index >= 15 is 0 Å². The number of benzene rings is 1. The highest BCUT2D eigenvalue weighted by molar-refractivity contribution is 6.06. The Morgan fingerprint density at radius 3 is 2.61 bits per heavy atom. The number of anilines is 1. The molecule has 0 saturated carbocycles. The van der Waals surface area contributed by atoms with Crippen molar-refractivity contribution in [3.05, 3.63) is 65.7 Å². The smallest absolute Gasteiger partial charge is 0.292 e. The van der Waals surface area contributed by atoms with Crippen LogP contribution in [0.2, 0.25) is 0 Å². The van der Waals surface area contributed by atoms with Crippen LogP contribution in [-0.2, 0) is 0 Å². The lowest BCUT2D eigenvalue weighted by atomic mass is 10.1. The molecule has 7 heteroatoms. The number of nitrogens with one attached hydrogen (secondary N) is 2. The van der Waals surface area contributed by atoms with E-state index in [1.54, 1.807) is 53.1 Å². The third kappa shape index (κ3) is 3.93. The van der Waals surface area contributed by atoms with Gasteiger partial charge in [0.25, 0.3) is 11.8 Å². The number of aromatic nitrogens is 2. The Hall–Kier alpha value is -3.48. The molecule has 2 heterocycles. The zero-order valence-electron chi connectivity index (χ0n) is 16.0. The Morgan fingerprint density at radius 2 is 1.89 bits per heavy atom. The molecule has 3 aromatic rings. The molecule has 0 fully saturated rings. The van der Waals surface area contributed by atoms with Crippen molar-refractivity contribution in [2.45, 2.75) is 33.2 Å². The zero-order valence-corrected chi connectivity index (χ0v) is 16.0. The zero-order chi connectivity index (χ0) is 20.3. The number of hydrogen-bond donors (Lipinski definition) is 2. The molecule has 3 rings (SSSR count). The molecule has 1 aromatic carbocycles. The van der Waals surface area contributed by atoms with E-state index in [-0.39, 0.29) is 29.3 Å². The molecule has 0 aliphatic heterocycles. The molecule has 0 saturated heterocycles. The van der Waals surface area contributed by atoms with Gasteiger partial charge in [0.1, 0.15) is 0 Å². The van der Waals surface area contributed by atoms with Crippen LogP contribution in [-0.4, -0.2) is 33.0 Å². The number of fused-ring (bicyclic) bond motifs is 1. The van der Waals surface area contributed by atoms with Crippen molar-refractivity contribution in [3.63, 3.8) is 0 Å². The maximum absolute atomic E-state index is 12.8. The van der Waals surface area contributed by atoms with Crippen LogP contribution in [0.25, 0.3) is 5.52 Å². The maximum Gasteiger partial charge on any atom is 0.292 e. The van der Waals surface area contributed by atoms with Crippen molar-refractivity contribution in [3.8, 4) is 0 Å². The summed E-state index contributed by atoms with van der Waals surface area (Å²) in [5.74, 6) is -0.787. The Kier molecular flexibility index (Phi) is 5.54. The van der Waals surface area contributed by atoms with Crippen molar-refractivity contribution in [2.75, 3.05) is 5.32 Å². The topological polar surface area (TPSA) is 92.6 Å². The fourth-order valence-electron chi connectivity index (χ4n) is 2.76. The summed E-state index contributed by atoms with van der Waals surface area (Å²) in [6.45, 7) is 5.35. The van der Waals surface area contributed by atoms with Crippen molar-refractivity contribution in [1.82, 2.24) is 14.7 Å². The van der Waals surface area contributed by atoms with Gasteiger partial charge < -0.3 is 10.6 Å². The molecule has 144 valence electrons. The van der Waals surface area contributed by atoms with Crippen LogP contribution in [0, 0.1) is 0 Å². The van der Waals surface area contributed by atoms with Crippen molar-refractivity contribution >= 4 is 28.8 Å². The first kappa shape index (κ1) is 19.3. The van der Waals surface area contributed by atoms with Crippen molar-refractivity contribution < 1.29 is 14.4 Å². The normalized spacial score (nSPS) is 11.8. The van der Waals surface area contributed by atoms with Gasteiger partial charge in [-0.15, -0.1) is 0 Å². The molecule has 1 atom stereocenters. The average Bonchev–Trinajstić information content (AvgIpc) is 3.08. The summed E-state index contributed by atoms with van der Waals surface area (Å²) in [4.78, 5) is 41.2. The highest BCUT2D eigenvalue weighted by Gasteiger charge is 2.22. The average molecular weight is 378 g/mol. The summed E-state index contributed by atoms with van der Waals surface area (Å²) in [6.07, 6.45) is 2.47. The Bertz CT molecular complexity index is 1050. The van der Waals surface area contributed by atoms with E-state index in [2.05, 4.69) is 15.6 Å². The van der Waals surface area contributed by atoms with E-state index in [1.165, 1.54) is 6.92 Å². The first-order valence-electron chi connectivity index (χ1n) is 9.11. The van der Waals surface area contributed by atoms with Gasteiger partial charge in [-0.1, -0.05) is 25.1 Å². The van der Waals surface area contributed by atoms with Gasteiger partial charge in [-0.2, -0.15) is 0 Å². The standard InChI is InChI=1S/C21H22N4O3/c1-4-13(2)22-20(27)18-17-10-5-6-11-25(17)19(24-18)21(28)23-16-9-7-8-15(12-16)14(3)26/h5-13H,4H2,1-3H3,(H,22,27)(H,23,28). The van der Waals surface area contributed by atoms with Gasteiger partial charge >= 0.3 is 0 Å². The molecule has 0 bridgehead atoms. The van der Waals surface area contributed by atoms with Crippen molar-refractivity contribution in [2.24, 2.45) is 0 Å². The van der Waals surface area contributed by atoms with Crippen LogP contribution in [0.1, 0.15) is 58.7 Å². The molecule has 0 aliphatic rings. The number of pyridine rings is 1. The Morgan fingerprint density at radius 1 is 1.11 bits per heavy atom. The molecule has 7 nitrogen and oxygen atoms in total. The molecule has 1 unspecified atom stereocenters. The van der Waals surface area contributed by atoms with Gasteiger partial charge in [0.05, 0.1) is 5.52 Å². The second-order valence-electron chi connectivity index (χ2n) is 6.61. The van der Waals surface area contributed by atoms with E-state index in [9.17, 15) is 14.4 Å². The molecule has 0 spiro atoms. The number of imidazole rings is 1. The third-order valence-electron chi connectivity index (χ3n) is 4.48. The van der Waals surface area contributed by atoms with Crippen LogP contribution in [0.3, 0.4) is 0 Å². The fourth-order valence-corrected chi connectivity index (χ4v) is 2.76. The molecule has 0 radical (unpaired) electrons. The second kappa shape index (κ2) is 8.04. The van der Waals surface area contributed by atoms with Gasteiger partial charge in [0.15, 0.2) is 11.5 Å². The number of hydrogen-bond acceptors (Lipinski definition) is 4. The quantitative estimate of drug-likeness (QED) is 0.644. The van der Waals surface area contributed by atoms with E-state index < -0.39 is 5.91 Å². The van der Waals surface area contributed by atoms with Gasteiger partial charge in [-0.3, -0.25) is 18.8 Å². The van der Waals surface area contributed by atoms with Crippen LogP contribution >= 0.6 is 0 Å². The minimum atomic E-state index is -0.468. The minimum absolute atomic E-state index is 0.000408. The van der Waals surface area contributed by atoms with E-state index in [4.69, 9.17) is 0 Å². The van der Waals surface area contributed by atoms with Gasteiger partial charge in [-0.25, -0.2) is 4.98 Å². The number of rotatable bonds is 6. The lowest BCUT2D eigenvalue weighted by molar-refractivity contribution is 0.0935. The Labute approximate surface area is 162 Å². The monoisotopic (exact) mass is 378 g/mol. The lowest BCUT2D eigenvalue weighted by Crippen LogP contribution is -2.32. The number of nitrogens with zero attached hydrogens (tertiary/aromatic N) is 2. The summed E-state index contributed by atoms with van der Waals surface area (Å²) in [7, 11) is 0. The van der Waals surface area contributed by atoms with Gasteiger partial charge in [0.2, 0.25) is 5.82 Å². The van der Waals surface area contributed by atoms with Crippen molar-refractivity contribution in [1.29, 1.82) is 0 Å². The molecular weight excluding hydrogens is 356 g/mol. The predicted molar refractivity (Wildman–Crippen MR) is 107 cm³/mol. The first-order valence-corrected chi connectivity index (χ1v) is 9.11. The molecule has 28 heavy (non-hydrogen) atoms. The maximum atomic E-state index is 12.8.